The summed E-state index contributed by atoms with van der Waals surface area (Å²) in [7, 11) is 3.11. The molecule has 3 aromatic rings. The number of nitrogens with one attached hydrogen (secondary N) is 1. The van der Waals surface area contributed by atoms with Gasteiger partial charge >= 0.3 is 5.97 Å². The van der Waals surface area contributed by atoms with Crippen LogP contribution >= 0.6 is 11.3 Å². The van der Waals surface area contributed by atoms with E-state index in [9.17, 15) is 9.59 Å². The minimum atomic E-state index is -0.411. The Kier molecular flexibility index (Phi) is 6.39. The number of carbonyl (C=O) groups is 2. The molecule has 0 radical (unpaired) electrons. The van der Waals surface area contributed by atoms with E-state index in [1.165, 1.54) is 29.6 Å². The first-order valence-electron chi connectivity index (χ1n) is 11.5. The Balaban J connectivity index is 1.33. The molecule has 1 saturated heterocycles. The summed E-state index contributed by atoms with van der Waals surface area (Å²) in [6, 6.07) is 16.0. The maximum absolute atomic E-state index is 13.0. The van der Waals surface area contributed by atoms with Crippen LogP contribution in [0.15, 0.2) is 53.9 Å². The molecular weight excluding hydrogens is 448 g/mol. The molecule has 1 aliphatic carbocycles. The van der Waals surface area contributed by atoms with Crippen LogP contribution in [0.3, 0.4) is 0 Å². The molecule has 0 saturated carbocycles. The number of hydrogen-bond acceptors (Lipinski definition) is 6. The van der Waals surface area contributed by atoms with E-state index >= 15 is 0 Å². The van der Waals surface area contributed by atoms with Crippen LogP contribution in [0.5, 0.6) is 0 Å². The van der Waals surface area contributed by atoms with Crippen molar-refractivity contribution in [3.63, 3.8) is 0 Å². The van der Waals surface area contributed by atoms with Crippen molar-refractivity contribution in [3.05, 3.63) is 81.7 Å². The molecule has 34 heavy (non-hydrogen) atoms. The van der Waals surface area contributed by atoms with Crippen LogP contribution < -0.4 is 10.2 Å². The van der Waals surface area contributed by atoms with Crippen LogP contribution in [0.4, 0.5) is 10.7 Å². The zero-order chi connectivity index (χ0) is 23.7. The zero-order valence-electron chi connectivity index (χ0n) is 19.4. The van der Waals surface area contributed by atoms with Crippen molar-refractivity contribution in [1.82, 2.24) is 0 Å². The van der Waals surface area contributed by atoms with Crippen LogP contribution in [-0.2, 0) is 22.3 Å². The lowest BCUT2D eigenvalue weighted by Crippen LogP contribution is -2.51. The summed E-state index contributed by atoms with van der Waals surface area (Å²) in [5.74, 6) is -0.429. The fourth-order valence-corrected chi connectivity index (χ4v) is 5.86. The molecule has 1 atom stereocenters. The SMILES string of the molecule is COC(=O)c1c(C2CCc3ccccc3C2)csc1NC(=O)c1ccc(N2CC(OC)C2)cc1. The number of esters is 1. The Hall–Kier alpha value is -3.16. The Bertz CT molecular complexity index is 1200. The number of hydrogen-bond donors (Lipinski definition) is 1. The molecule has 5 rings (SSSR count). The quantitative estimate of drug-likeness (QED) is 0.513. The number of fused-ring (bicyclic) bond motifs is 1. The van der Waals surface area contributed by atoms with Gasteiger partial charge in [-0.25, -0.2) is 4.79 Å². The predicted octanol–water partition coefficient (Wildman–Crippen LogP) is 4.89. The van der Waals surface area contributed by atoms with Gasteiger partial charge in [0, 0.05) is 31.5 Å². The van der Waals surface area contributed by atoms with Crippen molar-refractivity contribution in [1.29, 1.82) is 0 Å². The van der Waals surface area contributed by atoms with Gasteiger partial charge in [0.15, 0.2) is 0 Å². The molecular formula is C27H28N2O4S. The van der Waals surface area contributed by atoms with Crippen LogP contribution in [-0.4, -0.2) is 45.3 Å². The first-order valence-corrected chi connectivity index (χ1v) is 12.4. The third-order valence-electron chi connectivity index (χ3n) is 6.90. The topological polar surface area (TPSA) is 67.9 Å². The third kappa shape index (κ3) is 4.33. The highest BCUT2D eigenvalue weighted by molar-refractivity contribution is 7.15. The van der Waals surface area contributed by atoms with E-state index in [-0.39, 0.29) is 17.9 Å². The fraction of sp³-hybridized carbons (Fsp3) is 0.333. The second kappa shape index (κ2) is 9.60. The van der Waals surface area contributed by atoms with Gasteiger partial charge < -0.3 is 19.7 Å². The van der Waals surface area contributed by atoms with Crippen molar-refractivity contribution >= 4 is 33.9 Å². The van der Waals surface area contributed by atoms with Gasteiger partial charge in [0.05, 0.1) is 18.8 Å². The van der Waals surface area contributed by atoms with Gasteiger partial charge in [-0.1, -0.05) is 24.3 Å². The molecule has 1 unspecified atom stereocenters. The average molecular weight is 477 g/mol. The van der Waals surface area contributed by atoms with Crippen molar-refractivity contribution in [3.8, 4) is 0 Å². The summed E-state index contributed by atoms with van der Waals surface area (Å²) in [5, 5.41) is 5.50. The average Bonchev–Trinajstić information content (AvgIpc) is 3.26. The highest BCUT2D eigenvalue weighted by Gasteiger charge is 2.29. The number of ether oxygens (including phenoxy) is 2. The van der Waals surface area contributed by atoms with Crippen molar-refractivity contribution in [2.45, 2.75) is 31.3 Å². The van der Waals surface area contributed by atoms with Crippen LogP contribution in [0.2, 0.25) is 0 Å². The van der Waals surface area contributed by atoms with Crippen LogP contribution in [0.25, 0.3) is 0 Å². The highest BCUT2D eigenvalue weighted by Crippen LogP contribution is 2.40. The summed E-state index contributed by atoms with van der Waals surface area (Å²) in [5.41, 5.74) is 5.75. The molecule has 1 N–H and O–H groups in total. The maximum Gasteiger partial charge on any atom is 0.341 e. The zero-order valence-corrected chi connectivity index (χ0v) is 20.2. The largest absolute Gasteiger partial charge is 0.465 e. The van der Waals surface area contributed by atoms with E-state index in [2.05, 4.69) is 34.5 Å². The first kappa shape index (κ1) is 22.6. The lowest BCUT2D eigenvalue weighted by molar-refractivity contribution is 0.0600. The normalized spacial score (nSPS) is 17.6. The monoisotopic (exact) mass is 476 g/mol. The molecule has 1 aromatic heterocycles. The van der Waals surface area contributed by atoms with Crippen LogP contribution in [0, 0.1) is 0 Å². The number of amides is 1. The smallest absolute Gasteiger partial charge is 0.341 e. The number of rotatable bonds is 6. The summed E-state index contributed by atoms with van der Waals surface area (Å²) >= 11 is 1.39. The van der Waals surface area contributed by atoms with E-state index in [1.807, 2.05) is 29.6 Å². The van der Waals surface area contributed by atoms with Crippen molar-refractivity contribution in [2.24, 2.45) is 0 Å². The standard InChI is InChI=1S/C27H28N2O4S/c1-32-22-14-29(15-22)21-11-9-18(10-12-21)25(30)28-26-24(27(31)33-2)23(16-34-26)20-8-7-17-5-3-4-6-19(17)13-20/h3-6,9-12,16,20,22H,7-8,13-15H2,1-2H3,(H,28,30). The number of anilines is 2. The maximum atomic E-state index is 13.0. The van der Waals surface area contributed by atoms with Crippen molar-refractivity contribution < 1.29 is 19.1 Å². The van der Waals surface area contributed by atoms with Gasteiger partial charge in [0.1, 0.15) is 5.00 Å². The lowest BCUT2D eigenvalue weighted by atomic mass is 9.80. The summed E-state index contributed by atoms with van der Waals surface area (Å²) in [4.78, 5) is 28.0. The molecule has 176 valence electrons. The van der Waals surface area contributed by atoms with Gasteiger partial charge in [-0.15, -0.1) is 11.3 Å². The molecule has 2 aliphatic rings. The minimum absolute atomic E-state index is 0.220. The molecule has 7 heteroatoms. The number of aryl methyl sites for hydroxylation is 1. The third-order valence-corrected chi connectivity index (χ3v) is 7.81. The molecule has 1 fully saturated rings. The molecule has 6 nitrogen and oxygen atoms in total. The summed E-state index contributed by atoms with van der Waals surface area (Å²) in [6.07, 6.45) is 3.09. The van der Waals surface area contributed by atoms with Gasteiger partial charge in [0.25, 0.3) is 5.91 Å². The number of methoxy groups -OCH3 is 2. The predicted molar refractivity (Wildman–Crippen MR) is 134 cm³/mol. The van der Waals surface area contributed by atoms with E-state index in [4.69, 9.17) is 9.47 Å². The Morgan fingerprint density at radius 1 is 1.03 bits per heavy atom. The van der Waals surface area contributed by atoms with Gasteiger partial charge in [-0.2, -0.15) is 0 Å². The minimum Gasteiger partial charge on any atom is -0.465 e. The second-order valence-corrected chi connectivity index (χ2v) is 9.74. The fourth-order valence-electron chi connectivity index (χ4n) is 4.84. The second-order valence-electron chi connectivity index (χ2n) is 8.86. The molecule has 0 spiro atoms. The van der Waals surface area contributed by atoms with Crippen molar-refractivity contribution in [2.75, 3.05) is 37.5 Å². The van der Waals surface area contributed by atoms with Gasteiger partial charge in [0.2, 0.25) is 0 Å². The Morgan fingerprint density at radius 3 is 2.47 bits per heavy atom. The first-order chi connectivity index (χ1) is 16.6. The number of nitrogens with zero attached hydrogens (tertiary/aromatic N) is 1. The molecule has 0 bridgehead atoms. The number of benzene rings is 2. The van der Waals surface area contributed by atoms with E-state index < -0.39 is 5.97 Å². The van der Waals surface area contributed by atoms with E-state index in [0.29, 0.717) is 16.1 Å². The van der Waals surface area contributed by atoms with E-state index in [0.717, 1.165) is 43.6 Å². The van der Waals surface area contributed by atoms with E-state index in [1.54, 1.807) is 7.11 Å². The Labute approximate surface area is 203 Å². The Morgan fingerprint density at radius 2 is 1.76 bits per heavy atom. The van der Waals surface area contributed by atoms with Gasteiger partial charge in [-0.05, 0) is 71.5 Å². The molecule has 2 aromatic carbocycles. The summed E-state index contributed by atoms with van der Waals surface area (Å²) < 4.78 is 10.4. The molecule has 1 amide bonds. The highest BCUT2D eigenvalue weighted by atomic mass is 32.1. The molecule has 2 heterocycles. The number of carbonyl (C=O) groups excluding carboxylic acids is 2. The van der Waals surface area contributed by atoms with Crippen LogP contribution in [0.1, 0.15) is 49.7 Å². The lowest BCUT2D eigenvalue weighted by Gasteiger charge is -2.40. The number of thiophene rings is 1. The van der Waals surface area contributed by atoms with Gasteiger partial charge in [-0.3, -0.25) is 4.79 Å². The summed E-state index contributed by atoms with van der Waals surface area (Å²) in [6.45, 7) is 1.71. The molecule has 1 aliphatic heterocycles.